The van der Waals surface area contributed by atoms with E-state index in [1.54, 1.807) is 15.8 Å². The summed E-state index contributed by atoms with van der Waals surface area (Å²) in [6, 6.07) is 0.0301. The number of thiazole rings is 1. The molecule has 8 heteroatoms. The molecule has 2 aromatic rings. The minimum atomic E-state index is -0.137. The number of carbonyl (C=O) groups is 2. The third kappa shape index (κ3) is 2.84. The first-order valence-corrected chi connectivity index (χ1v) is 9.38. The smallest absolute Gasteiger partial charge is 0.273 e. The molecular formula is C17H20N4O3S. The summed E-state index contributed by atoms with van der Waals surface area (Å²) in [5.74, 6) is 0.664. The zero-order chi connectivity index (χ0) is 17.6. The molecule has 0 radical (unpaired) electrons. The molecule has 2 amide bonds. The van der Waals surface area contributed by atoms with E-state index in [9.17, 15) is 9.59 Å². The first kappa shape index (κ1) is 16.3. The van der Waals surface area contributed by atoms with E-state index in [-0.39, 0.29) is 23.8 Å². The Morgan fingerprint density at radius 1 is 1.36 bits per heavy atom. The van der Waals surface area contributed by atoms with Crippen molar-refractivity contribution in [3.8, 4) is 0 Å². The van der Waals surface area contributed by atoms with Gasteiger partial charge in [-0.25, -0.2) is 4.98 Å². The lowest BCUT2D eigenvalue weighted by molar-refractivity contribution is -0.140. The fourth-order valence-electron chi connectivity index (χ4n) is 3.79. The van der Waals surface area contributed by atoms with Crippen molar-refractivity contribution in [3.05, 3.63) is 33.6 Å². The van der Waals surface area contributed by atoms with Gasteiger partial charge in [0.25, 0.3) is 5.91 Å². The number of hydrogen-bond acceptors (Lipinski definition) is 6. The summed E-state index contributed by atoms with van der Waals surface area (Å²) in [5.41, 5.74) is 3.92. The van der Waals surface area contributed by atoms with Crippen LogP contribution in [0.4, 0.5) is 0 Å². The van der Waals surface area contributed by atoms with Crippen LogP contribution in [0.25, 0.3) is 0 Å². The van der Waals surface area contributed by atoms with Crippen molar-refractivity contribution in [2.45, 2.75) is 39.3 Å². The van der Waals surface area contributed by atoms with Gasteiger partial charge in [0.1, 0.15) is 11.5 Å². The van der Waals surface area contributed by atoms with Crippen molar-refractivity contribution in [2.24, 2.45) is 5.92 Å². The second-order valence-corrected chi connectivity index (χ2v) is 7.50. The van der Waals surface area contributed by atoms with Crippen LogP contribution in [-0.2, 0) is 11.3 Å². The van der Waals surface area contributed by atoms with Crippen LogP contribution in [0.3, 0.4) is 0 Å². The second kappa shape index (κ2) is 6.25. The molecule has 0 unspecified atom stereocenters. The molecule has 0 spiro atoms. The largest absolute Gasteiger partial charge is 0.361 e. The van der Waals surface area contributed by atoms with E-state index in [0.717, 1.165) is 29.9 Å². The highest BCUT2D eigenvalue weighted by atomic mass is 32.1. The molecule has 2 bridgehead atoms. The fraction of sp³-hybridized carbons (Fsp3) is 0.529. The van der Waals surface area contributed by atoms with Crippen LogP contribution < -0.4 is 0 Å². The highest BCUT2D eigenvalue weighted by Crippen LogP contribution is 2.32. The maximum Gasteiger partial charge on any atom is 0.273 e. The molecule has 5 rings (SSSR count). The fourth-order valence-corrected chi connectivity index (χ4v) is 4.32. The zero-order valence-corrected chi connectivity index (χ0v) is 15.1. The summed E-state index contributed by atoms with van der Waals surface area (Å²) in [6.07, 6.45) is 1.75. The number of piperidine rings is 1. The summed E-state index contributed by atoms with van der Waals surface area (Å²) in [4.78, 5) is 33.4. The van der Waals surface area contributed by atoms with Crippen molar-refractivity contribution in [1.82, 2.24) is 19.9 Å². The number of nitrogens with zero attached hydrogens (tertiary/aromatic N) is 4. The molecule has 3 fully saturated rings. The van der Waals surface area contributed by atoms with E-state index >= 15 is 0 Å². The van der Waals surface area contributed by atoms with Crippen LogP contribution in [0.5, 0.6) is 0 Å². The van der Waals surface area contributed by atoms with Crippen LogP contribution >= 0.6 is 11.3 Å². The maximum absolute atomic E-state index is 12.9. The summed E-state index contributed by atoms with van der Waals surface area (Å²) in [7, 11) is 0. The Labute approximate surface area is 149 Å². The normalized spacial score (nSPS) is 23.2. The molecule has 2 atom stereocenters. The van der Waals surface area contributed by atoms with E-state index < -0.39 is 0 Å². The zero-order valence-electron chi connectivity index (χ0n) is 14.3. The van der Waals surface area contributed by atoms with E-state index in [1.807, 2.05) is 18.7 Å². The van der Waals surface area contributed by atoms with Gasteiger partial charge in [-0.1, -0.05) is 5.16 Å². The number of hydrogen-bond donors (Lipinski definition) is 0. The molecule has 0 aliphatic carbocycles. The average Bonchev–Trinajstić information content (AvgIpc) is 3.14. The summed E-state index contributed by atoms with van der Waals surface area (Å²) in [6.45, 7) is 5.30. The SMILES string of the molecule is Cc1noc(C)c1CN1C(=O)[C@@H]2CC[C@H]1CN(C(=O)c1cscn1)C2. The number of carbonyl (C=O) groups excluding carboxylic acids is 2. The van der Waals surface area contributed by atoms with Gasteiger partial charge in [-0.05, 0) is 26.7 Å². The molecule has 3 aliphatic rings. The van der Waals surface area contributed by atoms with Crippen molar-refractivity contribution in [3.63, 3.8) is 0 Å². The van der Waals surface area contributed by atoms with Crippen LogP contribution in [0.1, 0.15) is 40.3 Å². The van der Waals surface area contributed by atoms with Gasteiger partial charge < -0.3 is 14.3 Å². The van der Waals surface area contributed by atoms with Crippen LogP contribution in [0, 0.1) is 19.8 Å². The third-order valence-electron chi connectivity index (χ3n) is 5.24. The van der Waals surface area contributed by atoms with E-state index in [1.165, 1.54) is 11.3 Å². The predicted octanol–water partition coefficient (Wildman–Crippen LogP) is 2.01. The van der Waals surface area contributed by atoms with Crippen molar-refractivity contribution in [1.29, 1.82) is 0 Å². The molecule has 3 saturated heterocycles. The Hall–Kier alpha value is -2.22. The van der Waals surface area contributed by atoms with Crippen LogP contribution in [0.2, 0.25) is 0 Å². The van der Waals surface area contributed by atoms with Gasteiger partial charge in [0.2, 0.25) is 5.91 Å². The monoisotopic (exact) mass is 360 g/mol. The highest BCUT2D eigenvalue weighted by Gasteiger charge is 2.42. The van der Waals surface area contributed by atoms with E-state index in [4.69, 9.17) is 4.52 Å². The number of fused-ring (bicyclic) bond motifs is 4. The lowest BCUT2D eigenvalue weighted by atomic mass is 9.93. The first-order valence-electron chi connectivity index (χ1n) is 8.44. The minimum absolute atomic E-state index is 0.0301. The number of rotatable bonds is 3. The van der Waals surface area contributed by atoms with Crippen LogP contribution in [-0.4, -0.2) is 50.9 Å². The van der Waals surface area contributed by atoms with Gasteiger partial charge in [-0.15, -0.1) is 11.3 Å². The lowest BCUT2D eigenvalue weighted by Gasteiger charge is -2.35. The van der Waals surface area contributed by atoms with Gasteiger partial charge >= 0.3 is 0 Å². The van der Waals surface area contributed by atoms with Gasteiger partial charge in [-0.3, -0.25) is 9.59 Å². The molecule has 0 saturated carbocycles. The Morgan fingerprint density at radius 2 is 2.20 bits per heavy atom. The summed E-state index contributed by atoms with van der Waals surface area (Å²) < 4.78 is 5.23. The molecule has 132 valence electrons. The van der Waals surface area contributed by atoms with Crippen molar-refractivity contribution in [2.75, 3.05) is 13.1 Å². The minimum Gasteiger partial charge on any atom is -0.361 e. The van der Waals surface area contributed by atoms with Gasteiger partial charge in [0.05, 0.1) is 23.7 Å². The number of aromatic nitrogens is 2. The van der Waals surface area contributed by atoms with Crippen molar-refractivity contribution < 1.29 is 14.1 Å². The molecule has 0 aromatic carbocycles. The molecule has 7 nitrogen and oxygen atoms in total. The maximum atomic E-state index is 12.9. The molecule has 2 aromatic heterocycles. The predicted molar refractivity (Wildman–Crippen MR) is 91.1 cm³/mol. The molecule has 0 N–H and O–H groups in total. The Morgan fingerprint density at radius 3 is 2.88 bits per heavy atom. The second-order valence-electron chi connectivity index (χ2n) is 6.78. The third-order valence-corrected chi connectivity index (χ3v) is 5.83. The molecular weight excluding hydrogens is 340 g/mol. The first-order chi connectivity index (χ1) is 12.0. The van der Waals surface area contributed by atoms with E-state index in [0.29, 0.717) is 25.3 Å². The topological polar surface area (TPSA) is 79.5 Å². The van der Waals surface area contributed by atoms with E-state index in [2.05, 4.69) is 10.1 Å². The Balaban J connectivity index is 1.58. The number of aryl methyl sites for hydroxylation is 2. The van der Waals surface area contributed by atoms with Crippen LogP contribution in [0.15, 0.2) is 15.4 Å². The van der Waals surface area contributed by atoms with Crippen molar-refractivity contribution >= 4 is 23.2 Å². The van der Waals surface area contributed by atoms with Gasteiger partial charge in [0.15, 0.2) is 0 Å². The highest BCUT2D eigenvalue weighted by molar-refractivity contribution is 7.07. The molecule has 25 heavy (non-hydrogen) atoms. The lowest BCUT2D eigenvalue weighted by Crippen LogP contribution is -2.47. The standard InChI is InChI=1S/C17H20N4O3S/c1-10-14(11(2)24-19-10)7-21-13-4-3-12(16(21)22)5-20(6-13)17(23)15-8-25-9-18-15/h8-9,12-13H,3-7H2,1-2H3/t12-,13+/m1/s1. The quantitative estimate of drug-likeness (QED) is 0.836. The summed E-state index contributed by atoms with van der Waals surface area (Å²) in [5, 5.41) is 5.75. The molecule has 3 aliphatic heterocycles. The van der Waals surface area contributed by atoms with Gasteiger partial charge in [-0.2, -0.15) is 0 Å². The summed E-state index contributed by atoms with van der Waals surface area (Å²) >= 11 is 1.41. The average molecular weight is 360 g/mol. The Bertz CT molecular complexity index is 781. The molecule has 5 heterocycles. The van der Waals surface area contributed by atoms with Gasteiger partial charge in [0, 0.05) is 30.1 Å². The Kier molecular flexibility index (Phi) is 4.07. The number of amides is 2.